The van der Waals surface area contributed by atoms with Crippen molar-refractivity contribution in [3.63, 3.8) is 0 Å². The quantitative estimate of drug-likeness (QED) is 0.339. The Bertz CT molecular complexity index is 723. The lowest BCUT2D eigenvalue weighted by Crippen LogP contribution is -2.36. The van der Waals surface area contributed by atoms with E-state index in [9.17, 15) is 4.79 Å². The maximum atomic E-state index is 11.1. The first-order valence-electron chi connectivity index (χ1n) is 9.36. The molecule has 0 aliphatic carbocycles. The Morgan fingerprint density at radius 2 is 1.50 bits per heavy atom. The van der Waals surface area contributed by atoms with Gasteiger partial charge >= 0.3 is 0 Å². The number of carbonyl (C=O) groups excluding carboxylic acids is 1. The minimum absolute atomic E-state index is 0.669. The summed E-state index contributed by atoms with van der Waals surface area (Å²) in [5.41, 5.74) is 10.3. The zero-order valence-corrected chi connectivity index (χ0v) is 15.1. The number of hydrazine groups is 1. The van der Waals surface area contributed by atoms with Gasteiger partial charge in [-0.25, -0.2) is 9.80 Å². The summed E-state index contributed by atoms with van der Waals surface area (Å²) in [6.45, 7) is 1.39. The third kappa shape index (κ3) is 4.13. The number of isocyanates is 1. The number of unbranched alkanes of at least 4 members (excludes halogenated alkanes) is 3. The van der Waals surface area contributed by atoms with Crippen molar-refractivity contribution in [1.82, 2.24) is 5.12 Å². The summed E-state index contributed by atoms with van der Waals surface area (Å²) in [4.78, 5) is 11.1. The van der Waals surface area contributed by atoms with Gasteiger partial charge in [0.2, 0.25) is 0 Å². The molecule has 0 amide bonds. The molecule has 0 aromatic heterocycles. The number of anilines is 2. The first-order chi connectivity index (χ1) is 12.8. The van der Waals surface area contributed by atoms with Gasteiger partial charge in [0.15, 0.2) is 0 Å². The van der Waals surface area contributed by atoms with E-state index in [0.717, 1.165) is 56.4 Å². The second-order valence-corrected chi connectivity index (χ2v) is 6.56. The van der Waals surface area contributed by atoms with Gasteiger partial charge < -0.3 is 5.73 Å². The molecule has 3 rings (SSSR count). The van der Waals surface area contributed by atoms with Gasteiger partial charge in [-0.3, -0.25) is 0 Å². The number of fused-ring (bicyclic) bond motifs is 2. The highest BCUT2D eigenvalue weighted by molar-refractivity contribution is 5.70. The van der Waals surface area contributed by atoms with Crippen molar-refractivity contribution in [2.75, 3.05) is 18.1 Å². The second kappa shape index (κ2) is 9.18. The first kappa shape index (κ1) is 18.2. The highest BCUT2D eigenvalue weighted by Gasteiger charge is 2.24. The van der Waals surface area contributed by atoms with Crippen molar-refractivity contribution in [2.24, 2.45) is 10.8 Å². The molecule has 0 spiro atoms. The number of aryl methyl sites for hydroxylation is 2. The number of hydrazone groups is 1. The van der Waals surface area contributed by atoms with Gasteiger partial charge in [-0.2, -0.15) is 5.12 Å². The summed E-state index contributed by atoms with van der Waals surface area (Å²) in [6.07, 6.45) is 7.83. The fourth-order valence-electron chi connectivity index (χ4n) is 3.50. The number of para-hydroxylation sites is 2. The van der Waals surface area contributed by atoms with Crippen LogP contribution in [0.4, 0.5) is 11.4 Å². The van der Waals surface area contributed by atoms with Crippen molar-refractivity contribution < 1.29 is 4.79 Å². The van der Waals surface area contributed by atoms with Crippen molar-refractivity contribution in [3.8, 4) is 0 Å². The third-order valence-electron chi connectivity index (χ3n) is 4.80. The first-order valence-corrected chi connectivity index (χ1v) is 9.36. The van der Waals surface area contributed by atoms with E-state index < -0.39 is 0 Å². The largest absolute Gasteiger partial charge is 0.330 e. The van der Waals surface area contributed by atoms with Crippen LogP contribution in [0.2, 0.25) is 0 Å². The van der Waals surface area contributed by atoms with Crippen molar-refractivity contribution in [2.45, 2.75) is 38.5 Å². The summed E-state index contributed by atoms with van der Waals surface area (Å²) in [5.74, 6) is 0. The summed E-state index contributed by atoms with van der Waals surface area (Å²) in [6, 6.07) is 16.7. The van der Waals surface area contributed by atoms with Crippen LogP contribution in [0.15, 0.2) is 53.6 Å². The predicted octanol–water partition coefficient (Wildman–Crippen LogP) is 3.91. The topological polar surface area (TPSA) is 61.9 Å². The average Bonchev–Trinajstić information content (AvgIpc) is 2.84. The van der Waals surface area contributed by atoms with Crippen molar-refractivity contribution in [3.05, 3.63) is 59.7 Å². The Labute approximate surface area is 155 Å². The zero-order valence-electron chi connectivity index (χ0n) is 15.1. The summed E-state index contributed by atoms with van der Waals surface area (Å²) in [7, 11) is 0. The predicted molar refractivity (Wildman–Crippen MR) is 105 cm³/mol. The van der Waals surface area contributed by atoms with Crippen LogP contribution in [0, 0.1) is 0 Å². The molecule has 0 bridgehead atoms. The summed E-state index contributed by atoms with van der Waals surface area (Å²) in [5, 5.41) is 7.87. The molecule has 0 unspecified atom stereocenters. The Morgan fingerprint density at radius 1 is 0.923 bits per heavy atom. The van der Waals surface area contributed by atoms with E-state index in [4.69, 9.17) is 5.73 Å². The molecule has 1 heterocycles. The third-order valence-corrected chi connectivity index (χ3v) is 4.80. The molecule has 0 radical (unpaired) electrons. The molecule has 1 aliphatic heterocycles. The lowest BCUT2D eigenvalue weighted by Gasteiger charge is -2.34. The number of rotatable bonds is 8. The molecule has 5 heteroatoms. The highest BCUT2D eigenvalue weighted by atomic mass is 16.1. The number of nitrogens with two attached hydrogens (primary N) is 1. The van der Waals surface area contributed by atoms with E-state index in [2.05, 4.69) is 46.5 Å². The molecule has 0 atom stereocenters. The molecule has 5 nitrogen and oxygen atoms in total. The Morgan fingerprint density at radius 3 is 2.08 bits per heavy atom. The fourth-order valence-corrected chi connectivity index (χ4v) is 3.50. The molecule has 136 valence electrons. The van der Waals surface area contributed by atoms with Crippen molar-refractivity contribution >= 4 is 17.5 Å². The molecule has 2 N–H and O–H groups in total. The molecule has 2 aromatic carbocycles. The average molecular weight is 350 g/mol. The number of hydrogen-bond donors (Lipinski definition) is 1. The minimum Gasteiger partial charge on any atom is -0.330 e. The van der Waals surface area contributed by atoms with Gasteiger partial charge in [0.1, 0.15) is 0 Å². The number of nitrogens with zero attached hydrogens (tertiary/aromatic N) is 3. The van der Waals surface area contributed by atoms with Gasteiger partial charge in [0.05, 0.1) is 17.9 Å². The van der Waals surface area contributed by atoms with Crippen LogP contribution < -0.4 is 10.7 Å². The molecule has 2 aromatic rings. The molecular formula is C21H26N4O. The van der Waals surface area contributed by atoms with E-state index in [1.54, 1.807) is 11.2 Å². The summed E-state index contributed by atoms with van der Waals surface area (Å²) >= 11 is 0. The Balaban J connectivity index is 1.93. The van der Waals surface area contributed by atoms with E-state index in [1.165, 1.54) is 11.1 Å². The van der Waals surface area contributed by atoms with E-state index in [1.807, 2.05) is 12.1 Å². The minimum atomic E-state index is 0.669. The molecular weight excluding hydrogens is 324 g/mol. The van der Waals surface area contributed by atoms with Crippen LogP contribution >= 0.6 is 0 Å². The van der Waals surface area contributed by atoms with Crippen LogP contribution in [0.3, 0.4) is 0 Å². The zero-order chi connectivity index (χ0) is 18.2. The van der Waals surface area contributed by atoms with Gasteiger partial charge in [0.25, 0.3) is 6.08 Å². The molecule has 1 aliphatic rings. The summed E-state index contributed by atoms with van der Waals surface area (Å²) < 4.78 is 0. The van der Waals surface area contributed by atoms with Gasteiger partial charge in [-0.1, -0.05) is 54.3 Å². The van der Waals surface area contributed by atoms with E-state index in [0.29, 0.717) is 6.54 Å². The van der Waals surface area contributed by atoms with E-state index in [-0.39, 0.29) is 0 Å². The number of hydrogen-bond acceptors (Lipinski definition) is 5. The standard InChI is InChI=1S/C21H26N4O/c22-15-7-1-2-8-16-24(23-17-26)25-20-11-5-3-9-18(20)13-14-19-10-4-6-12-21(19)25/h3-6,9-12H,1-2,7-8,13-16,22H2. The molecule has 26 heavy (non-hydrogen) atoms. The highest BCUT2D eigenvalue weighted by Crippen LogP contribution is 2.37. The fraction of sp³-hybridized carbons (Fsp3) is 0.381. The monoisotopic (exact) mass is 350 g/mol. The van der Waals surface area contributed by atoms with Crippen LogP contribution in [0.1, 0.15) is 36.8 Å². The molecule has 0 fully saturated rings. The van der Waals surface area contributed by atoms with Crippen LogP contribution in [0.5, 0.6) is 0 Å². The maximum absolute atomic E-state index is 11.1. The maximum Gasteiger partial charge on any atom is 0.259 e. The lowest BCUT2D eigenvalue weighted by molar-refractivity contribution is 0.282. The normalized spacial score (nSPS) is 12.6. The van der Waals surface area contributed by atoms with Gasteiger partial charge in [-0.15, -0.1) is 0 Å². The van der Waals surface area contributed by atoms with Gasteiger partial charge in [0, 0.05) is 0 Å². The van der Waals surface area contributed by atoms with Crippen LogP contribution in [-0.4, -0.2) is 24.3 Å². The van der Waals surface area contributed by atoms with Crippen LogP contribution in [0.25, 0.3) is 0 Å². The molecule has 0 saturated heterocycles. The Kier molecular flexibility index (Phi) is 6.42. The molecule has 0 saturated carbocycles. The van der Waals surface area contributed by atoms with Crippen molar-refractivity contribution in [1.29, 1.82) is 0 Å². The van der Waals surface area contributed by atoms with E-state index >= 15 is 0 Å². The Hall–Kier alpha value is -2.62. The lowest BCUT2D eigenvalue weighted by atomic mass is 10.0. The second-order valence-electron chi connectivity index (χ2n) is 6.56. The SMILES string of the molecule is NCCCCCCN(N=C=O)N1c2ccccc2CCc2ccccc21. The smallest absolute Gasteiger partial charge is 0.259 e. The van der Waals surface area contributed by atoms with Gasteiger partial charge in [-0.05, 0) is 55.5 Å². The van der Waals surface area contributed by atoms with Crippen LogP contribution in [-0.2, 0) is 17.6 Å². The number of benzene rings is 2.